The predicted octanol–water partition coefficient (Wildman–Crippen LogP) is 0.586. The van der Waals surface area contributed by atoms with E-state index in [1.54, 1.807) is 19.2 Å². The van der Waals surface area contributed by atoms with E-state index in [-0.39, 0.29) is 6.61 Å². The van der Waals surface area contributed by atoms with Crippen molar-refractivity contribution in [1.29, 1.82) is 5.26 Å². The number of hydrogen-bond donors (Lipinski definition) is 2. The lowest BCUT2D eigenvalue weighted by atomic mass is 10.1. The van der Waals surface area contributed by atoms with Crippen molar-refractivity contribution in [2.24, 2.45) is 0 Å². The van der Waals surface area contributed by atoms with Gasteiger partial charge in [-0.3, -0.25) is 0 Å². The zero-order chi connectivity index (χ0) is 12.7. The lowest BCUT2D eigenvalue weighted by Crippen LogP contribution is -2.30. The molecule has 0 unspecified atom stereocenters. The summed E-state index contributed by atoms with van der Waals surface area (Å²) in [4.78, 5) is 1.96. The quantitative estimate of drug-likeness (QED) is 0.705. The molecule has 92 valence electrons. The van der Waals surface area contributed by atoms with Gasteiger partial charge in [0.25, 0.3) is 0 Å². The first-order valence-corrected chi connectivity index (χ1v) is 5.37. The van der Waals surface area contributed by atoms with Crippen molar-refractivity contribution >= 4 is 11.4 Å². The Balaban J connectivity index is 2.86. The Bertz CT molecular complexity index is 401. The normalized spacial score (nSPS) is 9.94. The van der Waals surface area contributed by atoms with Crippen LogP contribution in [0, 0.1) is 11.3 Å². The van der Waals surface area contributed by atoms with Crippen LogP contribution in [0.3, 0.4) is 0 Å². The Kier molecular flexibility index (Phi) is 5.27. The zero-order valence-electron chi connectivity index (χ0n) is 9.89. The molecule has 0 bridgehead atoms. The summed E-state index contributed by atoms with van der Waals surface area (Å²) >= 11 is 0. The van der Waals surface area contributed by atoms with Crippen LogP contribution in [0.15, 0.2) is 18.2 Å². The fraction of sp³-hybridized carbons (Fsp3) is 0.417. The van der Waals surface area contributed by atoms with Gasteiger partial charge in [-0.25, -0.2) is 0 Å². The summed E-state index contributed by atoms with van der Waals surface area (Å²) in [5.74, 6) is 0. The van der Waals surface area contributed by atoms with Gasteiger partial charge in [0.1, 0.15) is 6.07 Å². The van der Waals surface area contributed by atoms with Gasteiger partial charge in [0.05, 0.1) is 24.5 Å². The van der Waals surface area contributed by atoms with Gasteiger partial charge in [0, 0.05) is 25.9 Å². The maximum atomic E-state index is 9.00. The highest BCUT2D eigenvalue weighted by molar-refractivity contribution is 5.63. The standard InChI is InChI=1S/C12H17N3O2/c1-17-7-5-15(4-6-16)11-3-2-10(9-13)12(14)8-11/h2-3,8,16H,4-7,14H2,1H3. The van der Waals surface area contributed by atoms with Crippen LogP contribution >= 0.6 is 0 Å². The van der Waals surface area contributed by atoms with Crippen molar-refractivity contribution in [3.05, 3.63) is 23.8 Å². The van der Waals surface area contributed by atoms with Crippen molar-refractivity contribution in [3.8, 4) is 6.07 Å². The number of aliphatic hydroxyl groups excluding tert-OH is 1. The first-order valence-electron chi connectivity index (χ1n) is 5.37. The molecule has 0 atom stereocenters. The zero-order valence-corrected chi connectivity index (χ0v) is 9.89. The van der Waals surface area contributed by atoms with Crippen LogP contribution in [0.1, 0.15) is 5.56 Å². The largest absolute Gasteiger partial charge is 0.398 e. The minimum Gasteiger partial charge on any atom is -0.398 e. The lowest BCUT2D eigenvalue weighted by Gasteiger charge is -2.24. The first kappa shape index (κ1) is 13.3. The number of nitriles is 1. The Labute approximate surface area is 101 Å². The SMILES string of the molecule is COCCN(CCO)c1ccc(C#N)c(N)c1. The topological polar surface area (TPSA) is 82.5 Å². The molecule has 0 heterocycles. The summed E-state index contributed by atoms with van der Waals surface area (Å²) in [5, 5.41) is 17.8. The average molecular weight is 235 g/mol. The Hall–Kier alpha value is -1.77. The summed E-state index contributed by atoms with van der Waals surface area (Å²) < 4.78 is 5.01. The summed E-state index contributed by atoms with van der Waals surface area (Å²) in [5.41, 5.74) is 7.55. The van der Waals surface area contributed by atoms with Crippen LogP contribution in [0.4, 0.5) is 11.4 Å². The van der Waals surface area contributed by atoms with Crippen LogP contribution in [0.5, 0.6) is 0 Å². The molecule has 0 amide bonds. The predicted molar refractivity (Wildman–Crippen MR) is 66.7 cm³/mol. The van der Waals surface area contributed by atoms with Crippen LogP contribution in [0.25, 0.3) is 0 Å². The fourth-order valence-electron chi connectivity index (χ4n) is 1.54. The van der Waals surface area contributed by atoms with Crippen LogP contribution in [-0.2, 0) is 4.74 Å². The van der Waals surface area contributed by atoms with Gasteiger partial charge in [-0.2, -0.15) is 5.26 Å². The van der Waals surface area contributed by atoms with E-state index in [1.165, 1.54) is 0 Å². The molecule has 0 spiro atoms. The molecule has 1 aromatic carbocycles. The monoisotopic (exact) mass is 235 g/mol. The molecule has 0 aliphatic rings. The maximum absolute atomic E-state index is 9.00. The molecule has 0 fully saturated rings. The summed E-state index contributed by atoms with van der Waals surface area (Å²) in [6.45, 7) is 1.81. The number of ether oxygens (including phenoxy) is 1. The molecular weight excluding hydrogens is 218 g/mol. The third kappa shape index (κ3) is 3.63. The van der Waals surface area contributed by atoms with E-state index in [0.29, 0.717) is 30.9 Å². The van der Waals surface area contributed by atoms with Gasteiger partial charge in [-0.05, 0) is 18.2 Å². The molecule has 0 saturated heterocycles. The number of methoxy groups -OCH3 is 1. The number of hydrogen-bond acceptors (Lipinski definition) is 5. The fourth-order valence-corrected chi connectivity index (χ4v) is 1.54. The highest BCUT2D eigenvalue weighted by Crippen LogP contribution is 2.20. The van der Waals surface area contributed by atoms with Gasteiger partial charge >= 0.3 is 0 Å². The number of nitrogens with two attached hydrogens (primary N) is 1. The van der Waals surface area contributed by atoms with Crippen molar-refractivity contribution in [2.75, 3.05) is 44.0 Å². The summed E-state index contributed by atoms with van der Waals surface area (Å²) in [7, 11) is 1.63. The smallest absolute Gasteiger partial charge is 0.101 e. The second-order valence-electron chi connectivity index (χ2n) is 3.59. The minimum atomic E-state index is 0.0591. The maximum Gasteiger partial charge on any atom is 0.101 e. The molecule has 17 heavy (non-hydrogen) atoms. The van der Waals surface area contributed by atoms with Gasteiger partial charge in [-0.1, -0.05) is 0 Å². The van der Waals surface area contributed by atoms with Gasteiger partial charge in [-0.15, -0.1) is 0 Å². The number of anilines is 2. The van der Waals surface area contributed by atoms with Crippen molar-refractivity contribution in [2.45, 2.75) is 0 Å². The van der Waals surface area contributed by atoms with E-state index in [9.17, 15) is 0 Å². The van der Waals surface area contributed by atoms with E-state index in [0.717, 1.165) is 5.69 Å². The van der Waals surface area contributed by atoms with Crippen LogP contribution in [-0.4, -0.2) is 38.5 Å². The van der Waals surface area contributed by atoms with E-state index in [2.05, 4.69) is 0 Å². The average Bonchev–Trinajstić information content (AvgIpc) is 2.34. The second-order valence-corrected chi connectivity index (χ2v) is 3.59. The molecule has 0 aliphatic carbocycles. The number of benzene rings is 1. The highest BCUT2D eigenvalue weighted by Gasteiger charge is 2.07. The van der Waals surface area contributed by atoms with Gasteiger partial charge < -0.3 is 20.5 Å². The van der Waals surface area contributed by atoms with E-state index >= 15 is 0 Å². The molecule has 5 nitrogen and oxygen atoms in total. The Morgan fingerprint density at radius 3 is 2.76 bits per heavy atom. The molecule has 5 heteroatoms. The Morgan fingerprint density at radius 2 is 2.24 bits per heavy atom. The summed E-state index contributed by atoms with van der Waals surface area (Å²) in [6.07, 6.45) is 0. The van der Waals surface area contributed by atoms with Gasteiger partial charge in [0.2, 0.25) is 0 Å². The summed E-state index contributed by atoms with van der Waals surface area (Å²) in [6, 6.07) is 7.26. The van der Waals surface area contributed by atoms with E-state index < -0.39 is 0 Å². The van der Waals surface area contributed by atoms with Crippen LogP contribution < -0.4 is 10.6 Å². The number of aliphatic hydroxyl groups is 1. The molecule has 0 aromatic heterocycles. The third-order valence-electron chi connectivity index (χ3n) is 2.46. The molecule has 0 aliphatic heterocycles. The Morgan fingerprint density at radius 1 is 1.47 bits per heavy atom. The lowest BCUT2D eigenvalue weighted by molar-refractivity contribution is 0.203. The number of nitrogens with zero attached hydrogens (tertiary/aromatic N) is 2. The molecule has 1 aromatic rings. The van der Waals surface area contributed by atoms with Crippen molar-refractivity contribution < 1.29 is 9.84 Å². The number of rotatable bonds is 6. The second kappa shape index (κ2) is 6.74. The van der Waals surface area contributed by atoms with E-state index in [4.69, 9.17) is 20.8 Å². The van der Waals surface area contributed by atoms with Gasteiger partial charge in [0.15, 0.2) is 0 Å². The number of nitrogen functional groups attached to an aromatic ring is 1. The third-order valence-corrected chi connectivity index (χ3v) is 2.46. The molecule has 3 N–H and O–H groups in total. The highest BCUT2D eigenvalue weighted by atomic mass is 16.5. The van der Waals surface area contributed by atoms with E-state index in [1.807, 2.05) is 17.0 Å². The van der Waals surface area contributed by atoms with Crippen LogP contribution in [0.2, 0.25) is 0 Å². The first-order chi connectivity index (χ1) is 8.22. The molecule has 0 radical (unpaired) electrons. The van der Waals surface area contributed by atoms with Crippen molar-refractivity contribution in [1.82, 2.24) is 0 Å². The van der Waals surface area contributed by atoms with Crippen molar-refractivity contribution in [3.63, 3.8) is 0 Å². The molecule has 0 saturated carbocycles. The minimum absolute atomic E-state index is 0.0591. The molecular formula is C12H17N3O2. The molecule has 1 rings (SSSR count).